The molecule has 0 fully saturated rings. The molecule has 0 unspecified atom stereocenters. The van der Waals surface area contributed by atoms with Gasteiger partial charge < -0.3 is 4.74 Å². The summed E-state index contributed by atoms with van der Waals surface area (Å²) in [6.45, 7) is 2.11. The number of nitrogens with zero attached hydrogens (tertiary/aromatic N) is 2. The Kier molecular flexibility index (Phi) is 6.60. The van der Waals surface area contributed by atoms with Gasteiger partial charge in [0.2, 0.25) is 5.13 Å². The minimum atomic E-state index is -0.379. The number of nitrogens with one attached hydrogen (secondary N) is 1. The van der Waals surface area contributed by atoms with E-state index in [4.69, 9.17) is 16.3 Å². The molecule has 0 radical (unpaired) electrons. The largest absolute Gasteiger partial charge is 0.489 e. The molecule has 4 nitrogen and oxygen atoms in total. The van der Waals surface area contributed by atoms with E-state index in [1.807, 2.05) is 49.4 Å². The molecule has 1 heterocycles. The monoisotopic (exact) mass is 451 g/mol. The van der Waals surface area contributed by atoms with Gasteiger partial charge in [-0.2, -0.15) is 5.10 Å². The van der Waals surface area contributed by atoms with Gasteiger partial charge in [0, 0.05) is 16.0 Å². The second kappa shape index (κ2) is 9.73. The van der Waals surface area contributed by atoms with Crippen LogP contribution in [0.5, 0.6) is 5.75 Å². The van der Waals surface area contributed by atoms with Crippen molar-refractivity contribution in [3.8, 4) is 17.0 Å². The summed E-state index contributed by atoms with van der Waals surface area (Å²) in [6.07, 6.45) is 1.70. The van der Waals surface area contributed by atoms with Crippen LogP contribution in [0.4, 0.5) is 9.52 Å². The summed E-state index contributed by atoms with van der Waals surface area (Å²) < 4.78 is 19.5. The highest BCUT2D eigenvalue weighted by Gasteiger charge is 2.09. The van der Waals surface area contributed by atoms with Crippen molar-refractivity contribution in [3.05, 3.63) is 99.6 Å². The highest BCUT2D eigenvalue weighted by Crippen LogP contribution is 2.30. The molecule has 4 aromatic rings. The third-order valence-electron chi connectivity index (χ3n) is 4.54. The first kappa shape index (κ1) is 21.0. The summed E-state index contributed by atoms with van der Waals surface area (Å²) in [4.78, 5) is 5.75. The molecule has 0 atom stereocenters. The molecule has 0 spiro atoms. The van der Waals surface area contributed by atoms with Gasteiger partial charge in [0.25, 0.3) is 0 Å². The highest BCUT2D eigenvalue weighted by atomic mass is 35.5. The molecule has 3 aromatic carbocycles. The van der Waals surface area contributed by atoms with Crippen LogP contribution in [-0.4, -0.2) is 11.2 Å². The van der Waals surface area contributed by atoms with E-state index in [9.17, 15) is 4.39 Å². The maximum absolute atomic E-state index is 13.8. The Labute approximate surface area is 189 Å². The van der Waals surface area contributed by atoms with Crippen LogP contribution in [0, 0.1) is 12.7 Å². The zero-order valence-electron chi connectivity index (χ0n) is 16.7. The Morgan fingerprint density at radius 1 is 1.06 bits per heavy atom. The molecule has 7 heteroatoms. The molecule has 0 aliphatic carbocycles. The van der Waals surface area contributed by atoms with Crippen molar-refractivity contribution < 1.29 is 9.13 Å². The third-order valence-corrected chi connectivity index (χ3v) is 5.77. The van der Waals surface area contributed by atoms with Gasteiger partial charge >= 0.3 is 0 Å². The summed E-state index contributed by atoms with van der Waals surface area (Å²) in [6, 6.07) is 22.0. The van der Waals surface area contributed by atoms with E-state index in [-0.39, 0.29) is 12.4 Å². The lowest BCUT2D eigenvalue weighted by molar-refractivity contribution is 0.300. The molecule has 31 heavy (non-hydrogen) atoms. The Bertz CT molecular complexity index is 1170. The average molecular weight is 452 g/mol. The normalized spacial score (nSPS) is 11.1. The minimum Gasteiger partial charge on any atom is -0.489 e. The van der Waals surface area contributed by atoms with E-state index < -0.39 is 0 Å². The SMILES string of the molecule is Cc1sc(N/N=C\c2ccc(OCc3c(F)cccc3Cl)cc2)nc1-c1ccccc1. The smallest absolute Gasteiger partial charge is 0.204 e. The number of aryl methyl sites for hydroxylation is 1. The van der Waals surface area contributed by atoms with Crippen molar-refractivity contribution in [1.82, 2.24) is 4.98 Å². The van der Waals surface area contributed by atoms with Crippen LogP contribution in [0.1, 0.15) is 16.0 Å². The van der Waals surface area contributed by atoms with Gasteiger partial charge in [0.15, 0.2) is 0 Å². The lowest BCUT2D eigenvalue weighted by Gasteiger charge is -2.08. The zero-order chi connectivity index (χ0) is 21.6. The number of rotatable bonds is 7. The van der Waals surface area contributed by atoms with Crippen molar-refractivity contribution in [2.45, 2.75) is 13.5 Å². The van der Waals surface area contributed by atoms with E-state index >= 15 is 0 Å². The Morgan fingerprint density at radius 2 is 1.84 bits per heavy atom. The molecule has 156 valence electrons. The summed E-state index contributed by atoms with van der Waals surface area (Å²) >= 11 is 7.58. The lowest BCUT2D eigenvalue weighted by Crippen LogP contribution is -1.99. The third kappa shape index (κ3) is 5.29. The Morgan fingerprint density at radius 3 is 2.58 bits per heavy atom. The first-order chi connectivity index (χ1) is 15.1. The molecule has 0 saturated heterocycles. The van der Waals surface area contributed by atoms with Gasteiger partial charge in [-0.25, -0.2) is 9.37 Å². The maximum atomic E-state index is 13.8. The molecule has 0 saturated carbocycles. The average Bonchev–Trinajstić information content (AvgIpc) is 3.15. The minimum absolute atomic E-state index is 0.0631. The molecule has 0 aliphatic heterocycles. The zero-order valence-corrected chi connectivity index (χ0v) is 18.3. The van der Waals surface area contributed by atoms with Gasteiger partial charge in [-0.05, 0) is 48.9 Å². The number of hydrogen-bond donors (Lipinski definition) is 1. The molecular weight excluding hydrogens is 433 g/mol. The fraction of sp³-hybridized carbons (Fsp3) is 0.0833. The molecule has 1 N–H and O–H groups in total. The fourth-order valence-electron chi connectivity index (χ4n) is 2.95. The van der Waals surface area contributed by atoms with Crippen LogP contribution in [-0.2, 0) is 6.61 Å². The number of aromatic nitrogens is 1. The van der Waals surface area contributed by atoms with E-state index in [1.54, 1.807) is 41.8 Å². The molecule has 4 rings (SSSR count). The van der Waals surface area contributed by atoms with E-state index in [0.29, 0.717) is 16.3 Å². The van der Waals surface area contributed by atoms with Gasteiger partial charge in [-0.15, -0.1) is 11.3 Å². The molecule has 1 aromatic heterocycles. The maximum Gasteiger partial charge on any atom is 0.204 e. The first-order valence-corrected chi connectivity index (χ1v) is 10.8. The van der Waals surface area contributed by atoms with Crippen LogP contribution in [0.25, 0.3) is 11.3 Å². The molecule has 0 aliphatic rings. The number of benzene rings is 3. The molecule has 0 amide bonds. The van der Waals surface area contributed by atoms with Crippen LogP contribution in [0.2, 0.25) is 5.02 Å². The summed E-state index contributed by atoms with van der Waals surface area (Å²) in [7, 11) is 0. The van der Waals surface area contributed by atoms with Crippen molar-refractivity contribution in [3.63, 3.8) is 0 Å². The summed E-state index contributed by atoms with van der Waals surface area (Å²) in [5, 5.41) is 5.35. The summed E-state index contributed by atoms with van der Waals surface area (Å²) in [5.74, 6) is 0.239. The van der Waals surface area contributed by atoms with Crippen molar-refractivity contribution in [1.29, 1.82) is 0 Å². The second-order valence-corrected chi connectivity index (χ2v) is 8.33. The Balaban J connectivity index is 1.35. The lowest BCUT2D eigenvalue weighted by atomic mass is 10.1. The number of hydrogen-bond acceptors (Lipinski definition) is 5. The van der Waals surface area contributed by atoms with Gasteiger partial charge in [-0.1, -0.05) is 48.0 Å². The van der Waals surface area contributed by atoms with E-state index in [2.05, 4.69) is 15.5 Å². The fourth-order valence-corrected chi connectivity index (χ4v) is 3.95. The first-order valence-electron chi connectivity index (χ1n) is 9.58. The Hall–Kier alpha value is -3.22. The molecular formula is C24H19ClFN3OS. The van der Waals surface area contributed by atoms with Crippen molar-refractivity contribution in [2.75, 3.05) is 5.43 Å². The number of ether oxygens (including phenoxy) is 1. The van der Waals surface area contributed by atoms with Crippen molar-refractivity contribution >= 4 is 34.3 Å². The standard InChI is InChI=1S/C24H19ClFN3OS/c1-16-23(18-6-3-2-4-7-18)28-24(31-16)29-27-14-17-10-12-19(13-11-17)30-15-20-21(25)8-5-9-22(20)26/h2-14H,15H2,1H3,(H,28,29)/b27-14-. The van der Waals surface area contributed by atoms with Crippen LogP contribution in [0.3, 0.4) is 0 Å². The second-order valence-electron chi connectivity index (χ2n) is 6.72. The number of anilines is 1. The topological polar surface area (TPSA) is 46.5 Å². The highest BCUT2D eigenvalue weighted by molar-refractivity contribution is 7.15. The number of hydrazone groups is 1. The molecule has 0 bridgehead atoms. The predicted molar refractivity (Wildman–Crippen MR) is 126 cm³/mol. The van der Waals surface area contributed by atoms with Gasteiger partial charge in [0.1, 0.15) is 18.2 Å². The number of halogens is 2. The van der Waals surface area contributed by atoms with Crippen LogP contribution < -0.4 is 10.2 Å². The predicted octanol–water partition coefficient (Wildman–Crippen LogP) is 6.94. The van der Waals surface area contributed by atoms with Crippen molar-refractivity contribution in [2.24, 2.45) is 5.10 Å². The van der Waals surface area contributed by atoms with E-state index in [1.165, 1.54) is 6.07 Å². The van der Waals surface area contributed by atoms with Gasteiger partial charge in [0.05, 0.1) is 16.9 Å². The van der Waals surface area contributed by atoms with Gasteiger partial charge in [-0.3, -0.25) is 5.43 Å². The van der Waals surface area contributed by atoms with Crippen LogP contribution in [0.15, 0.2) is 77.9 Å². The quantitative estimate of drug-likeness (QED) is 0.244. The number of thiazole rings is 1. The summed E-state index contributed by atoms with van der Waals surface area (Å²) in [5.41, 5.74) is 6.26. The van der Waals surface area contributed by atoms with E-state index in [0.717, 1.165) is 26.8 Å². The van der Waals surface area contributed by atoms with Crippen LogP contribution >= 0.6 is 22.9 Å².